The monoisotopic (exact) mass is 725 g/mol. The van der Waals surface area contributed by atoms with Crippen molar-refractivity contribution in [2.75, 3.05) is 0 Å². The molecule has 1 aliphatic rings. The van der Waals surface area contributed by atoms with Crippen molar-refractivity contribution >= 4 is 112 Å². The van der Waals surface area contributed by atoms with E-state index in [-0.39, 0.29) is 4.83 Å². The van der Waals surface area contributed by atoms with Gasteiger partial charge in [-0.1, -0.05) is 72.1 Å². The van der Waals surface area contributed by atoms with Crippen LogP contribution in [0.5, 0.6) is 0 Å². The second-order valence-electron chi connectivity index (χ2n) is 4.57. The van der Waals surface area contributed by atoms with Gasteiger partial charge in [0.05, 0.1) is 4.83 Å². The Morgan fingerprint density at radius 1 is 0.810 bits per heavy atom. The van der Waals surface area contributed by atoms with Gasteiger partial charge < -0.3 is 0 Å². The Labute approximate surface area is 181 Å². The van der Waals surface area contributed by atoms with Crippen LogP contribution in [0.3, 0.4) is 0 Å². The average molecular weight is 733 g/mol. The van der Waals surface area contributed by atoms with Gasteiger partial charge in [0.1, 0.15) is 3.23 Å². The van der Waals surface area contributed by atoms with Crippen LogP contribution in [0.15, 0.2) is 42.2 Å². The Bertz CT molecular complexity index is 751. The molecule has 0 bridgehead atoms. The van der Waals surface area contributed by atoms with Gasteiger partial charge in [0.15, 0.2) is 0 Å². The highest BCUT2D eigenvalue weighted by Gasteiger charge is 2.43. The molecule has 1 unspecified atom stereocenters. The highest BCUT2D eigenvalue weighted by molar-refractivity contribution is 9.25. The van der Waals surface area contributed by atoms with Crippen LogP contribution in [0.1, 0.15) is 27.1 Å². The molecule has 0 spiro atoms. The molecule has 0 saturated heterocycles. The van der Waals surface area contributed by atoms with E-state index in [2.05, 4.69) is 136 Å². The summed E-state index contributed by atoms with van der Waals surface area (Å²) in [6, 6.07) is 8.39. The van der Waals surface area contributed by atoms with E-state index >= 15 is 0 Å². The molecule has 2 aromatic rings. The second kappa shape index (κ2) is 6.26. The summed E-state index contributed by atoms with van der Waals surface area (Å²) in [5, 5.41) is 0. The van der Waals surface area contributed by atoms with Gasteiger partial charge >= 0.3 is 0 Å². The van der Waals surface area contributed by atoms with E-state index in [1.807, 2.05) is 0 Å². The van der Waals surface area contributed by atoms with Crippen molar-refractivity contribution in [2.45, 2.75) is 8.06 Å². The van der Waals surface area contributed by atoms with Gasteiger partial charge in [-0.25, -0.2) is 0 Å². The second-order valence-corrected chi connectivity index (χ2v) is 12.1. The zero-order valence-corrected chi connectivity index (χ0v) is 21.1. The summed E-state index contributed by atoms with van der Waals surface area (Å²) in [5.74, 6) is 0. The molecule has 0 saturated carbocycles. The maximum atomic E-state index is 3.87. The molecule has 0 aromatic heterocycles. The van der Waals surface area contributed by atoms with E-state index < -0.39 is 3.23 Å². The number of fused-ring (bicyclic) bond motifs is 2. The molecule has 0 heterocycles. The number of halogens is 7. The van der Waals surface area contributed by atoms with Crippen molar-refractivity contribution < 1.29 is 0 Å². The number of alkyl halides is 3. The first kappa shape index (κ1) is 17.6. The van der Waals surface area contributed by atoms with Crippen molar-refractivity contribution in [1.82, 2.24) is 0 Å². The average Bonchev–Trinajstić information content (AvgIpc) is 2.46. The number of hydrogen-bond donors (Lipinski definition) is 0. The summed E-state index contributed by atoms with van der Waals surface area (Å²) in [7, 11) is 0. The van der Waals surface area contributed by atoms with E-state index in [0.717, 1.165) is 23.5 Å². The first-order valence-electron chi connectivity index (χ1n) is 5.76. The van der Waals surface area contributed by atoms with Crippen LogP contribution in [0.4, 0.5) is 0 Å². The molecule has 110 valence electrons. The fourth-order valence-electron chi connectivity index (χ4n) is 2.49. The summed E-state index contributed by atoms with van der Waals surface area (Å²) in [6.07, 6.45) is 0. The maximum absolute atomic E-state index is 3.87. The minimum Gasteiger partial charge on any atom is -0.0786 e. The van der Waals surface area contributed by atoms with Crippen LogP contribution in [0, 0.1) is 0 Å². The third-order valence-electron chi connectivity index (χ3n) is 3.44. The van der Waals surface area contributed by atoms with Gasteiger partial charge in [0, 0.05) is 23.5 Å². The predicted molar refractivity (Wildman–Crippen MR) is 113 cm³/mol. The lowest BCUT2D eigenvalue weighted by Gasteiger charge is -2.36. The minimum absolute atomic E-state index is 0.113. The Hall–Kier alpha value is 1.80. The molecule has 1 atom stereocenters. The quantitative estimate of drug-likeness (QED) is 0.145. The van der Waals surface area contributed by atoms with Gasteiger partial charge in [-0.05, 0) is 80.4 Å². The molecule has 21 heavy (non-hydrogen) atoms. The third kappa shape index (κ3) is 2.65. The SMILES string of the molecule is Brc1c(Br)c(Br)c2c(c1Br)C(Br)c1ccccc1C2(Br)Br. The van der Waals surface area contributed by atoms with Crippen molar-refractivity contribution in [3.63, 3.8) is 0 Å². The molecule has 7 heteroatoms. The summed E-state index contributed by atoms with van der Waals surface area (Å²) in [4.78, 5) is 0.113. The normalized spacial score (nSPS) is 19.1. The van der Waals surface area contributed by atoms with E-state index in [9.17, 15) is 0 Å². The fraction of sp³-hybridized carbons (Fsp3) is 0.143. The largest absolute Gasteiger partial charge is 0.132 e. The lowest BCUT2D eigenvalue weighted by molar-refractivity contribution is 0.938. The van der Waals surface area contributed by atoms with Gasteiger partial charge in [0.2, 0.25) is 0 Å². The maximum Gasteiger partial charge on any atom is 0.132 e. The molecule has 0 amide bonds. The topological polar surface area (TPSA) is 0 Å². The summed E-state index contributed by atoms with van der Waals surface area (Å²) < 4.78 is 3.58. The molecule has 0 N–H and O–H groups in total. The zero-order chi connectivity index (χ0) is 15.5. The summed E-state index contributed by atoms with van der Waals surface area (Å²) >= 11 is 26.3. The first-order valence-corrected chi connectivity index (χ1v) is 11.4. The van der Waals surface area contributed by atoms with Crippen molar-refractivity contribution in [1.29, 1.82) is 0 Å². The van der Waals surface area contributed by atoms with E-state index in [1.165, 1.54) is 16.7 Å². The lowest BCUT2D eigenvalue weighted by Crippen LogP contribution is -2.24. The lowest BCUT2D eigenvalue weighted by atomic mass is 9.86. The Morgan fingerprint density at radius 3 is 2.05 bits per heavy atom. The fourth-order valence-corrected chi connectivity index (χ4v) is 8.40. The molecule has 0 aliphatic heterocycles. The summed E-state index contributed by atoms with van der Waals surface area (Å²) in [5.41, 5.74) is 4.76. The minimum atomic E-state index is -0.444. The van der Waals surface area contributed by atoms with Gasteiger partial charge in [-0.2, -0.15) is 0 Å². The number of hydrogen-bond acceptors (Lipinski definition) is 0. The van der Waals surface area contributed by atoms with Crippen LogP contribution in [0.25, 0.3) is 0 Å². The van der Waals surface area contributed by atoms with Gasteiger partial charge in [-0.3, -0.25) is 0 Å². The van der Waals surface area contributed by atoms with Crippen LogP contribution >= 0.6 is 112 Å². The van der Waals surface area contributed by atoms with E-state index in [0.29, 0.717) is 0 Å². The molecule has 1 aliphatic carbocycles. The zero-order valence-electron chi connectivity index (χ0n) is 10.0. The third-order valence-corrected chi connectivity index (χ3v) is 10.8. The smallest absolute Gasteiger partial charge is 0.0786 e. The van der Waals surface area contributed by atoms with Gasteiger partial charge in [-0.15, -0.1) is 0 Å². The highest BCUT2D eigenvalue weighted by atomic mass is 79.9. The molecule has 3 rings (SSSR count). The molecule has 2 aromatic carbocycles. The van der Waals surface area contributed by atoms with Crippen LogP contribution in [0.2, 0.25) is 0 Å². The van der Waals surface area contributed by atoms with Crippen LogP contribution in [-0.4, -0.2) is 0 Å². The number of rotatable bonds is 0. The predicted octanol–water partition coefficient (Wildman–Crippen LogP) is 8.53. The molecule has 0 fully saturated rings. The van der Waals surface area contributed by atoms with Crippen LogP contribution in [-0.2, 0) is 3.23 Å². The Kier molecular flexibility index (Phi) is 5.26. The molecule has 0 nitrogen and oxygen atoms in total. The van der Waals surface area contributed by atoms with Gasteiger partial charge in [0.25, 0.3) is 0 Å². The summed E-state index contributed by atoms with van der Waals surface area (Å²) in [6.45, 7) is 0. The first-order chi connectivity index (χ1) is 9.78. The van der Waals surface area contributed by atoms with Crippen LogP contribution < -0.4 is 0 Å². The van der Waals surface area contributed by atoms with Crippen molar-refractivity contribution in [3.05, 3.63) is 64.4 Å². The highest BCUT2D eigenvalue weighted by Crippen LogP contribution is 2.61. The molecular formula is C14H5Br7. The Morgan fingerprint density at radius 2 is 1.38 bits per heavy atom. The molecular weight excluding hydrogens is 727 g/mol. The number of benzene rings is 2. The Balaban J connectivity index is 2.47. The van der Waals surface area contributed by atoms with E-state index in [4.69, 9.17) is 0 Å². The molecule has 0 radical (unpaired) electrons. The van der Waals surface area contributed by atoms with E-state index in [1.54, 1.807) is 0 Å². The van der Waals surface area contributed by atoms with Crippen molar-refractivity contribution in [3.8, 4) is 0 Å². The standard InChI is InChI=1S/C14H5Br7/c15-9-5-3-1-2-4-6(5)14(20,21)8-7(9)10(16)12(18)13(19)11(8)17/h1-4,9H. The van der Waals surface area contributed by atoms with Crippen molar-refractivity contribution in [2.24, 2.45) is 0 Å².